The van der Waals surface area contributed by atoms with Gasteiger partial charge >= 0.3 is 12.1 Å². The number of likely N-dealkylation sites (tertiary alicyclic amines) is 2. The maximum Gasteiger partial charge on any atom is 0.490 e. The Kier molecular flexibility index (Phi) is 6.09. The van der Waals surface area contributed by atoms with Crippen LogP contribution in [0.15, 0.2) is 12.4 Å². The lowest BCUT2D eigenvalue weighted by molar-refractivity contribution is -0.192. The molecule has 2 amide bonds. The van der Waals surface area contributed by atoms with E-state index in [1.54, 1.807) is 17.1 Å². The minimum atomic E-state index is -5.08. The van der Waals surface area contributed by atoms with Crippen LogP contribution in [0.1, 0.15) is 48.9 Å². The van der Waals surface area contributed by atoms with Gasteiger partial charge in [0.2, 0.25) is 5.91 Å². The summed E-state index contributed by atoms with van der Waals surface area (Å²) in [7, 11) is 1.82. The fraction of sp³-hybridized carbons (Fsp3) is 0.684. The minimum absolute atomic E-state index is 0.0192. The van der Waals surface area contributed by atoms with Gasteiger partial charge < -0.3 is 14.9 Å². The second-order valence-corrected chi connectivity index (χ2v) is 8.17. The number of carboxylic acids is 1. The third-order valence-electron chi connectivity index (χ3n) is 5.99. The maximum absolute atomic E-state index is 12.5. The zero-order chi connectivity index (χ0) is 22.1. The highest BCUT2D eigenvalue weighted by Gasteiger charge is 2.48. The Morgan fingerprint density at radius 3 is 2.30 bits per heavy atom. The summed E-state index contributed by atoms with van der Waals surface area (Å²) in [6, 6.07) is 0. The van der Waals surface area contributed by atoms with Gasteiger partial charge in [-0.1, -0.05) is 0 Å². The van der Waals surface area contributed by atoms with Gasteiger partial charge in [-0.15, -0.1) is 0 Å². The number of hydrogen-bond donors (Lipinski definition) is 1. The van der Waals surface area contributed by atoms with E-state index in [0.717, 1.165) is 44.8 Å². The summed E-state index contributed by atoms with van der Waals surface area (Å²) in [6.45, 7) is 2.42. The van der Waals surface area contributed by atoms with Crippen molar-refractivity contribution >= 4 is 17.8 Å². The largest absolute Gasteiger partial charge is 0.490 e. The predicted molar refractivity (Wildman–Crippen MR) is 98.4 cm³/mol. The fourth-order valence-electron chi connectivity index (χ4n) is 4.09. The lowest BCUT2D eigenvalue weighted by atomic mass is 9.84. The molecule has 2 aliphatic heterocycles. The SMILES string of the molecule is Cn1cc(C(=O)N2CCC3(CCC(=O)N3CC3CC3)CC2)cn1.O=C(O)C(F)(F)F. The molecule has 1 aromatic heterocycles. The van der Waals surface area contributed by atoms with Crippen LogP contribution in [-0.4, -0.2) is 73.8 Å². The molecule has 11 heteroatoms. The van der Waals surface area contributed by atoms with Crippen molar-refractivity contribution < 1.29 is 32.7 Å². The Labute approximate surface area is 171 Å². The molecule has 3 aliphatic rings. The number of amides is 2. The number of nitrogens with zero attached hydrogens (tertiary/aromatic N) is 4. The molecule has 1 N–H and O–H groups in total. The first-order chi connectivity index (χ1) is 14.0. The number of carboxylic acid groups (broad SMARTS) is 1. The van der Waals surface area contributed by atoms with Crippen LogP contribution >= 0.6 is 0 Å². The van der Waals surface area contributed by atoms with E-state index in [9.17, 15) is 22.8 Å². The zero-order valence-corrected chi connectivity index (χ0v) is 16.7. The normalized spacial score (nSPS) is 20.9. The van der Waals surface area contributed by atoms with Gasteiger partial charge in [0, 0.05) is 44.8 Å². The monoisotopic (exact) mass is 430 g/mol. The Balaban J connectivity index is 0.000000318. The summed E-state index contributed by atoms with van der Waals surface area (Å²) in [6.07, 6.45) is 4.33. The number of alkyl halides is 3. The van der Waals surface area contributed by atoms with Gasteiger partial charge in [-0.2, -0.15) is 18.3 Å². The van der Waals surface area contributed by atoms with Gasteiger partial charge in [-0.3, -0.25) is 14.3 Å². The number of carbonyl (C=O) groups is 3. The molecule has 0 atom stereocenters. The first-order valence-electron chi connectivity index (χ1n) is 9.90. The third-order valence-corrected chi connectivity index (χ3v) is 5.99. The molecule has 2 saturated heterocycles. The highest BCUT2D eigenvalue weighted by Crippen LogP contribution is 2.42. The van der Waals surface area contributed by atoms with Crippen LogP contribution in [0, 0.1) is 5.92 Å². The molecule has 30 heavy (non-hydrogen) atoms. The fourth-order valence-corrected chi connectivity index (χ4v) is 4.09. The van der Waals surface area contributed by atoms with Gasteiger partial charge in [0.25, 0.3) is 5.91 Å². The average molecular weight is 430 g/mol. The number of piperidine rings is 1. The molecule has 1 spiro atoms. The van der Waals surface area contributed by atoms with Gasteiger partial charge in [0.1, 0.15) is 0 Å². The van der Waals surface area contributed by atoms with Crippen LogP contribution < -0.4 is 0 Å². The molecule has 3 heterocycles. The first-order valence-corrected chi connectivity index (χ1v) is 9.90. The van der Waals surface area contributed by atoms with Crippen molar-refractivity contribution in [2.45, 2.75) is 50.2 Å². The molecular weight excluding hydrogens is 405 g/mol. The van der Waals surface area contributed by atoms with Crippen molar-refractivity contribution in [2.75, 3.05) is 19.6 Å². The molecule has 0 radical (unpaired) electrons. The maximum atomic E-state index is 12.5. The highest BCUT2D eigenvalue weighted by atomic mass is 19.4. The van der Waals surface area contributed by atoms with Crippen LogP contribution in [0.4, 0.5) is 13.2 Å². The number of halogens is 3. The topological polar surface area (TPSA) is 95.7 Å². The van der Waals surface area contributed by atoms with Gasteiger partial charge in [0.05, 0.1) is 11.8 Å². The Morgan fingerprint density at radius 2 is 1.83 bits per heavy atom. The molecule has 0 aromatic carbocycles. The first kappa shape index (κ1) is 22.1. The molecule has 166 valence electrons. The summed E-state index contributed by atoms with van der Waals surface area (Å²) in [4.78, 5) is 37.8. The summed E-state index contributed by atoms with van der Waals surface area (Å²) in [5.74, 6) is -1.65. The summed E-state index contributed by atoms with van der Waals surface area (Å²) >= 11 is 0. The lowest BCUT2D eigenvalue weighted by Gasteiger charge is -2.45. The minimum Gasteiger partial charge on any atom is -0.475 e. The van der Waals surface area contributed by atoms with Crippen LogP contribution in [-0.2, 0) is 16.6 Å². The molecule has 0 bridgehead atoms. The second-order valence-electron chi connectivity index (χ2n) is 8.17. The standard InChI is InChI=1S/C17H24N4O2.C2HF3O2/c1-19-12-14(10-18-19)16(23)20-8-6-17(7-9-20)5-4-15(22)21(17)11-13-2-3-13;3-2(4,5)1(6)7/h10,12-13H,2-9,11H2,1H3;(H,6,7). The molecule has 8 nitrogen and oxygen atoms in total. The van der Waals surface area contributed by atoms with Crippen molar-refractivity contribution in [3.05, 3.63) is 18.0 Å². The van der Waals surface area contributed by atoms with Crippen molar-refractivity contribution in [1.82, 2.24) is 19.6 Å². The average Bonchev–Trinajstić information content (AvgIpc) is 3.34. The molecule has 3 fully saturated rings. The van der Waals surface area contributed by atoms with Gasteiger partial charge in [0.15, 0.2) is 0 Å². The molecule has 1 aromatic rings. The van der Waals surface area contributed by atoms with E-state index in [1.807, 2.05) is 11.9 Å². The van der Waals surface area contributed by atoms with Crippen molar-refractivity contribution in [3.8, 4) is 0 Å². The molecule has 4 rings (SSSR count). The highest BCUT2D eigenvalue weighted by molar-refractivity contribution is 5.93. The van der Waals surface area contributed by atoms with Crippen LogP contribution in [0.25, 0.3) is 0 Å². The quantitative estimate of drug-likeness (QED) is 0.792. The van der Waals surface area contributed by atoms with E-state index in [2.05, 4.69) is 10.00 Å². The lowest BCUT2D eigenvalue weighted by Crippen LogP contribution is -2.54. The summed E-state index contributed by atoms with van der Waals surface area (Å²) in [5, 5.41) is 11.2. The Hall–Kier alpha value is -2.59. The van der Waals surface area contributed by atoms with Gasteiger partial charge in [-0.05, 0) is 38.0 Å². The zero-order valence-electron chi connectivity index (χ0n) is 16.7. The van der Waals surface area contributed by atoms with E-state index in [0.29, 0.717) is 17.9 Å². The van der Waals surface area contributed by atoms with Crippen LogP contribution in [0.3, 0.4) is 0 Å². The van der Waals surface area contributed by atoms with Crippen molar-refractivity contribution in [3.63, 3.8) is 0 Å². The van der Waals surface area contributed by atoms with E-state index in [4.69, 9.17) is 9.90 Å². The van der Waals surface area contributed by atoms with E-state index >= 15 is 0 Å². The number of aryl methyl sites for hydroxylation is 1. The number of carbonyl (C=O) groups excluding carboxylic acids is 2. The second kappa shape index (κ2) is 8.27. The Morgan fingerprint density at radius 1 is 1.23 bits per heavy atom. The number of aliphatic carboxylic acids is 1. The molecule has 0 unspecified atom stereocenters. The Bertz CT molecular complexity index is 811. The molecular formula is C19H25F3N4O4. The van der Waals surface area contributed by atoms with Crippen LogP contribution in [0.2, 0.25) is 0 Å². The number of hydrogen-bond acceptors (Lipinski definition) is 4. The van der Waals surface area contributed by atoms with Gasteiger partial charge in [-0.25, -0.2) is 4.79 Å². The molecule has 1 saturated carbocycles. The number of rotatable bonds is 3. The smallest absolute Gasteiger partial charge is 0.475 e. The third kappa shape index (κ3) is 4.93. The van der Waals surface area contributed by atoms with Crippen LogP contribution in [0.5, 0.6) is 0 Å². The number of aromatic nitrogens is 2. The van der Waals surface area contributed by atoms with Crippen molar-refractivity contribution in [1.29, 1.82) is 0 Å². The van der Waals surface area contributed by atoms with E-state index < -0.39 is 12.1 Å². The van der Waals surface area contributed by atoms with E-state index in [-0.39, 0.29) is 11.4 Å². The summed E-state index contributed by atoms with van der Waals surface area (Å²) < 4.78 is 33.4. The van der Waals surface area contributed by atoms with Crippen molar-refractivity contribution in [2.24, 2.45) is 13.0 Å². The molecule has 1 aliphatic carbocycles. The predicted octanol–water partition coefficient (Wildman–Crippen LogP) is 2.06. The summed E-state index contributed by atoms with van der Waals surface area (Å²) in [5.41, 5.74) is 0.673. The van der Waals surface area contributed by atoms with E-state index in [1.165, 1.54) is 12.8 Å².